The minimum Gasteiger partial charge on any atom is -0.508 e. The fourth-order valence-electron chi connectivity index (χ4n) is 4.28. The number of phenols is 3. The first-order chi connectivity index (χ1) is 16.8. The lowest BCUT2D eigenvalue weighted by Crippen LogP contribution is -2.37. The van der Waals surface area contributed by atoms with Crippen LogP contribution in [0.4, 0.5) is 0 Å². The quantitative estimate of drug-likeness (QED) is 0.374. The summed E-state index contributed by atoms with van der Waals surface area (Å²) >= 11 is 0. The zero-order chi connectivity index (χ0) is 24.9. The Labute approximate surface area is 199 Å². The Morgan fingerprint density at radius 2 is 1.54 bits per heavy atom. The number of carbonyl (C=O) groups is 1. The van der Waals surface area contributed by atoms with Crippen LogP contribution in [-0.4, -0.2) is 57.2 Å². The van der Waals surface area contributed by atoms with Crippen LogP contribution < -0.4 is 18.9 Å². The van der Waals surface area contributed by atoms with Gasteiger partial charge in [0.2, 0.25) is 5.78 Å². The van der Waals surface area contributed by atoms with Crippen molar-refractivity contribution in [3.8, 4) is 40.2 Å². The van der Waals surface area contributed by atoms with E-state index in [0.717, 1.165) is 6.07 Å². The molecule has 10 heteroatoms. The zero-order valence-corrected chi connectivity index (χ0v) is 18.4. The Bertz CT molecular complexity index is 1300. The Balaban J connectivity index is 1.46. The Morgan fingerprint density at radius 1 is 0.829 bits per heavy atom. The zero-order valence-electron chi connectivity index (χ0n) is 18.4. The second-order valence-electron chi connectivity index (χ2n) is 8.20. The van der Waals surface area contributed by atoms with Crippen LogP contribution in [0.5, 0.6) is 40.2 Å². The van der Waals surface area contributed by atoms with Crippen molar-refractivity contribution in [2.45, 2.75) is 24.4 Å². The Hall–Kier alpha value is -4.15. The summed E-state index contributed by atoms with van der Waals surface area (Å²) in [7, 11) is 1.42. The SMILES string of the molecule is COc1cc([C@H]2Oc3ccc([C@H]4Oc5cc(O)cc(O)c5C(=O)[C@@H]4O)cc3OC2CO)ccc1O. The number of aromatic hydroxyl groups is 3. The third-order valence-corrected chi connectivity index (χ3v) is 6.00. The lowest BCUT2D eigenvalue weighted by atomic mass is 9.92. The van der Waals surface area contributed by atoms with Crippen molar-refractivity contribution >= 4 is 5.78 Å². The molecular formula is C25H22O10. The highest BCUT2D eigenvalue weighted by atomic mass is 16.6. The number of hydrogen-bond donors (Lipinski definition) is 5. The predicted octanol–water partition coefficient (Wildman–Crippen LogP) is 2.36. The van der Waals surface area contributed by atoms with Gasteiger partial charge in [0.15, 0.2) is 47.4 Å². The van der Waals surface area contributed by atoms with Gasteiger partial charge in [-0.25, -0.2) is 0 Å². The molecule has 0 spiro atoms. The second-order valence-corrected chi connectivity index (χ2v) is 8.20. The number of phenolic OH excluding ortho intramolecular Hbond substituents is 3. The summed E-state index contributed by atoms with van der Waals surface area (Å²) in [5.41, 5.74) is 0.779. The van der Waals surface area contributed by atoms with Crippen molar-refractivity contribution in [3.05, 3.63) is 65.2 Å². The number of hydrogen-bond acceptors (Lipinski definition) is 10. The molecule has 0 radical (unpaired) electrons. The maximum absolute atomic E-state index is 12.7. The normalized spacial score (nSPS) is 22.8. The standard InChI is InChI=1S/C25H22O10/c1-32-17-6-11(2-4-14(17)28)24-20(10-26)33-18-7-12(3-5-16(18)34-24)25-23(31)22(30)21-15(29)8-13(27)9-19(21)35-25/h2-9,20,23-29,31H,10H2,1H3/t20?,23-,24+,25+/m0/s1. The number of methoxy groups -OCH3 is 1. The average molecular weight is 482 g/mol. The van der Waals surface area contributed by atoms with E-state index >= 15 is 0 Å². The summed E-state index contributed by atoms with van der Waals surface area (Å²) in [4.78, 5) is 12.7. The van der Waals surface area contributed by atoms with Crippen LogP contribution >= 0.6 is 0 Å². The Kier molecular flexibility index (Phi) is 5.54. The second kappa shape index (κ2) is 8.57. The lowest BCUT2D eigenvalue weighted by Gasteiger charge is -2.35. The molecule has 0 fully saturated rings. The molecule has 3 aromatic carbocycles. The van der Waals surface area contributed by atoms with Crippen molar-refractivity contribution in [1.82, 2.24) is 0 Å². The van der Waals surface area contributed by atoms with E-state index in [4.69, 9.17) is 18.9 Å². The van der Waals surface area contributed by atoms with Crippen molar-refractivity contribution in [1.29, 1.82) is 0 Å². The van der Waals surface area contributed by atoms with Gasteiger partial charge in [0, 0.05) is 17.7 Å². The van der Waals surface area contributed by atoms with Crippen LogP contribution in [0.25, 0.3) is 0 Å². The molecule has 0 saturated heterocycles. The molecule has 35 heavy (non-hydrogen) atoms. The highest BCUT2D eigenvalue weighted by Crippen LogP contribution is 2.45. The van der Waals surface area contributed by atoms with E-state index in [1.807, 2.05) is 0 Å². The number of carbonyl (C=O) groups excluding carboxylic acids is 1. The number of fused-ring (bicyclic) bond motifs is 2. The number of aliphatic hydroxyl groups is 2. The van der Waals surface area contributed by atoms with Crippen LogP contribution in [0.15, 0.2) is 48.5 Å². The molecule has 4 atom stereocenters. The molecular weight excluding hydrogens is 460 g/mol. The molecule has 2 aliphatic heterocycles. The van der Waals surface area contributed by atoms with Gasteiger partial charge in [-0.3, -0.25) is 4.79 Å². The maximum atomic E-state index is 12.7. The molecule has 5 N–H and O–H groups in total. The predicted molar refractivity (Wildman–Crippen MR) is 119 cm³/mol. The fourth-order valence-corrected chi connectivity index (χ4v) is 4.28. The summed E-state index contributed by atoms with van der Waals surface area (Å²) < 4.78 is 23.0. The van der Waals surface area contributed by atoms with Crippen LogP contribution in [0.3, 0.4) is 0 Å². The summed E-state index contributed by atoms with van der Waals surface area (Å²) in [6.07, 6.45) is -4.27. The molecule has 182 valence electrons. The third kappa shape index (κ3) is 3.82. The van der Waals surface area contributed by atoms with Gasteiger partial charge < -0.3 is 44.5 Å². The van der Waals surface area contributed by atoms with Gasteiger partial charge >= 0.3 is 0 Å². The van der Waals surface area contributed by atoms with E-state index in [-0.39, 0.29) is 40.9 Å². The van der Waals surface area contributed by atoms with Crippen molar-refractivity contribution in [3.63, 3.8) is 0 Å². The number of rotatable bonds is 4. The molecule has 2 heterocycles. The van der Waals surface area contributed by atoms with Gasteiger partial charge in [0.25, 0.3) is 0 Å². The van der Waals surface area contributed by atoms with Gasteiger partial charge in [-0.05, 0) is 29.8 Å². The van der Waals surface area contributed by atoms with Gasteiger partial charge in [-0.15, -0.1) is 0 Å². The van der Waals surface area contributed by atoms with E-state index in [1.165, 1.54) is 25.3 Å². The molecule has 0 saturated carbocycles. The summed E-state index contributed by atoms with van der Waals surface area (Å²) in [6, 6.07) is 11.6. The maximum Gasteiger partial charge on any atom is 0.202 e. The molecule has 10 nitrogen and oxygen atoms in total. The van der Waals surface area contributed by atoms with Gasteiger partial charge in [-0.1, -0.05) is 12.1 Å². The van der Waals surface area contributed by atoms with Gasteiger partial charge in [0.05, 0.1) is 13.7 Å². The average Bonchev–Trinajstić information content (AvgIpc) is 2.85. The largest absolute Gasteiger partial charge is 0.508 e. The van der Waals surface area contributed by atoms with Gasteiger partial charge in [0.1, 0.15) is 22.8 Å². The van der Waals surface area contributed by atoms with Crippen LogP contribution in [0.2, 0.25) is 0 Å². The first kappa shape index (κ1) is 22.6. The Morgan fingerprint density at radius 3 is 2.29 bits per heavy atom. The first-order valence-corrected chi connectivity index (χ1v) is 10.7. The number of benzene rings is 3. The van der Waals surface area contributed by atoms with Crippen molar-refractivity contribution in [2.75, 3.05) is 13.7 Å². The molecule has 0 bridgehead atoms. The minimum absolute atomic E-state index is 0.0395. The number of Topliss-reactive ketones (excluding diaryl/α,β-unsaturated/α-hetero) is 1. The number of ether oxygens (including phenoxy) is 4. The van der Waals surface area contributed by atoms with E-state index in [1.54, 1.807) is 24.3 Å². The molecule has 5 rings (SSSR count). The third-order valence-electron chi connectivity index (χ3n) is 6.00. The van der Waals surface area contributed by atoms with Crippen molar-refractivity contribution in [2.24, 2.45) is 0 Å². The van der Waals surface area contributed by atoms with Crippen LogP contribution in [-0.2, 0) is 0 Å². The smallest absolute Gasteiger partial charge is 0.202 e. The molecule has 1 unspecified atom stereocenters. The minimum atomic E-state index is -1.62. The summed E-state index contributed by atoms with van der Waals surface area (Å²) in [5.74, 6) is -0.789. The lowest BCUT2D eigenvalue weighted by molar-refractivity contribution is -0.0130. The molecule has 0 aliphatic carbocycles. The van der Waals surface area contributed by atoms with E-state index in [9.17, 15) is 30.3 Å². The molecule has 2 aliphatic rings. The topological polar surface area (TPSA) is 155 Å². The monoisotopic (exact) mass is 482 g/mol. The van der Waals surface area contributed by atoms with Crippen LogP contribution in [0.1, 0.15) is 33.7 Å². The van der Waals surface area contributed by atoms with Crippen LogP contribution in [0, 0.1) is 0 Å². The van der Waals surface area contributed by atoms with E-state index in [2.05, 4.69) is 0 Å². The molecule has 0 amide bonds. The summed E-state index contributed by atoms with van der Waals surface area (Å²) in [6.45, 7) is -0.384. The van der Waals surface area contributed by atoms with E-state index < -0.39 is 35.9 Å². The van der Waals surface area contributed by atoms with Gasteiger partial charge in [-0.2, -0.15) is 0 Å². The number of aliphatic hydroxyl groups excluding tert-OH is 2. The van der Waals surface area contributed by atoms with E-state index in [0.29, 0.717) is 16.9 Å². The highest BCUT2D eigenvalue weighted by Gasteiger charge is 2.40. The summed E-state index contributed by atoms with van der Waals surface area (Å²) in [5, 5.41) is 50.2. The number of ketones is 1. The first-order valence-electron chi connectivity index (χ1n) is 10.7. The molecule has 3 aromatic rings. The fraction of sp³-hybridized carbons (Fsp3) is 0.240. The van der Waals surface area contributed by atoms with Crippen molar-refractivity contribution < 1.29 is 49.3 Å². The highest BCUT2D eigenvalue weighted by molar-refractivity contribution is 6.05. The molecule has 0 aromatic heterocycles.